The molecule has 0 amide bonds. The lowest BCUT2D eigenvalue weighted by atomic mass is 9.95. The highest BCUT2D eigenvalue weighted by Crippen LogP contribution is 2.34. The normalized spacial score (nSPS) is 17.4. The molecule has 1 aliphatic heterocycles. The van der Waals surface area contributed by atoms with Crippen LogP contribution in [0.25, 0.3) is 0 Å². The number of hydrogen-bond donors (Lipinski definition) is 3. The van der Waals surface area contributed by atoms with Gasteiger partial charge in [-0.05, 0) is 57.6 Å². The fourth-order valence-corrected chi connectivity index (χ4v) is 2.74. The molecule has 0 saturated heterocycles. The molecule has 1 aromatic carbocycles. The summed E-state index contributed by atoms with van der Waals surface area (Å²) in [7, 11) is 0. The molecule has 0 radical (unpaired) electrons. The molecule has 24 heavy (non-hydrogen) atoms. The predicted octanol–water partition coefficient (Wildman–Crippen LogP) is 2.54. The van der Waals surface area contributed by atoms with E-state index in [1.807, 2.05) is 6.92 Å². The number of ether oxygens (including phenoxy) is 2. The monoisotopic (exact) mass is 350 g/mol. The number of allylic oxidation sites excluding steroid dienone is 1. The van der Waals surface area contributed by atoms with Crippen LogP contribution in [0.15, 0.2) is 29.5 Å². The number of phenolic OH excluding ortho intramolecular Hbond substituents is 1. The maximum absolute atomic E-state index is 12.5. The van der Waals surface area contributed by atoms with Crippen LogP contribution in [0.1, 0.15) is 39.3 Å². The van der Waals surface area contributed by atoms with Gasteiger partial charge in [-0.3, -0.25) is 0 Å². The first-order valence-corrected chi connectivity index (χ1v) is 8.19. The summed E-state index contributed by atoms with van der Waals surface area (Å²) in [6, 6.07) is 4.47. The average molecular weight is 350 g/mol. The number of phenols is 1. The number of nitrogens with one attached hydrogen (secondary N) is 2. The zero-order valence-electron chi connectivity index (χ0n) is 14.2. The molecule has 2 rings (SSSR count). The summed E-state index contributed by atoms with van der Waals surface area (Å²) in [6.45, 7) is 7.63. The third kappa shape index (κ3) is 3.97. The average Bonchev–Trinajstić information content (AvgIpc) is 2.48. The first kappa shape index (κ1) is 18.1. The zero-order chi connectivity index (χ0) is 17.9. The SMILES string of the molecule is CCOc1cc([C@@H]2NC(=S)NC(C)=C2C(=O)OC(C)C)ccc1O. The van der Waals surface area contributed by atoms with Crippen LogP contribution in [0.4, 0.5) is 0 Å². The summed E-state index contributed by atoms with van der Waals surface area (Å²) in [5, 5.41) is 16.3. The maximum Gasteiger partial charge on any atom is 0.338 e. The lowest BCUT2D eigenvalue weighted by Gasteiger charge is -2.30. The molecule has 0 aromatic heterocycles. The maximum atomic E-state index is 12.5. The van der Waals surface area contributed by atoms with Crippen molar-refractivity contribution in [3.05, 3.63) is 35.0 Å². The molecular weight excluding hydrogens is 328 g/mol. The van der Waals surface area contributed by atoms with Gasteiger partial charge in [-0.1, -0.05) is 6.07 Å². The Morgan fingerprint density at radius 2 is 2.12 bits per heavy atom. The highest BCUT2D eigenvalue weighted by Gasteiger charge is 2.31. The molecule has 0 spiro atoms. The number of benzene rings is 1. The minimum absolute atomic E-state index is 0.0455. The fourth-order valence-electron chi connectivity index (χ4n) is 2.47. The third-order valence-corrected chi connectivity index (χ3v) is 3.67. The minimum Gasteiger partial charge on any atom is -0.504 e. The van der Waals surface area contributed by atoms with Gasteiger partial charge in [-0.2, -0.15) is 0 Å². The molecule has 0 aliphatic carbocycles. The first-order valence-electron chi connectivity index (χ1n) is 7.78. The molecule has 1 aromatic rings. The van der Waals surface area contributed by atoms with E-state index in [-0.39, 0.29) is 11.9 Å². The molecule has 7 heteroatoms. The minimum atomic E-state index is -0.482. The van der Waals surface area contributed by atoms with E-state index in [1.165, 1.54) is 6.07 Å². The lowest BCUT2D eigenvalue weighted by Crippen LogP contribution is -2.45. The number of hydrogen-bond acceptors (Lipinski definition) is 5. The molecule has 0 fully saturated rings. The van der Waals surface area contributed by atoms with Gasteiger partial charge < -0.3 is 25.2 Å². The van der Waals surface area contributed by atoms with Gasteiger partial charge in [0.15, 0.2) is 16.6 Å². The molecule has 6 nitrogen and oxygen atoms in total. The van der Waals surface area contributed by atoms with E-state index in [1.54, 1.807) is 32.9 Å². The zero-order valence-corrected chi connectivity index (χ0v) is 15.0. The van der Waals surface area contributed by atoms with Gasteiger partial charge in [0.05, 0.1) is 24.3 Å². The van der Waals surface area contributed by atoms with Crippen molar-refractivity contribution in [2.45, 2.75) is 39.8 Å². The Balaban J connectivity index is 2.45. The number of aromatic hydroxyl groups is 1. The van der Waals surface area contributed by atoms with Crippen LogP contribution in [-0.4, -0.2) is 28.9 Å². The largest absolute Gasteiger partial charge is 0.504 e. The van der Waals surface area contributed by atoms with E-state index in [2.05, 4.69) is 10.6 Å². The number of carbonyl (C=O) groups is 1. The van der Waals surface area contributed by atoms with Crippen molar-refractivity contribution in [2.24, 2.45) is 0 Å². The number of carbonyl (C=O) groups excluding carboxylic acids is 1. The first-order chi connectivity index (χ1) is 11.3. The molecule has 0 saturated carbocycles. The van der Waals surface area contributed by atoms with Crippen molar-refractivity contribution in [1.82, 2.24) is 10.6 Å². The van der Waals surface area contributed by atoms with Gasteiger partial charge in [-0.15, -0.1) is 0 Å². The summed E-state index contributed by atoms with van der Waals surface area (Å²) < 4.78 is 10.8. The predicted molar refractivity (Wildman–Crippen MR) is 94.8 cm³/mol. The Morgan fingerprint density at radius 3 is 2.75 bits per heavy atom. The molecule has 1 atom stereocenters. The summed E-state index contributed by atoms with van der Waals surface area (Å²) >= 11 is 5.21. The standard InChI is InChI=1S/C17H22N2O4S/c1-5-22-13-8-11(6-7-12(13)20)15-14(16(21)23-9(2)3)10(4)18-17(24)19-15/h6-9,15,20H,5H2,1-4H3,(H2,18,19,24)/t15-/m0/s1. The van der Waals surface area contributed by atoms with Crippen molar-refractivity contribution in [3.8, 4) is 11.5 Å². The lowest BCUT2D eigenvalue weighted by molar-refractivity contribution is -0.143. The summed E-state index contributed by atoms with van der Waals surface area (Å²) in [6.07, 6.45) is -0.230. The van der Waals surface area contributed by atoms with Crippen LogP contribution in [0.2, 0.25) is 0 Å². The fraction of sp³-hybridized carbons (Fsp3) is 0.412. The summed E-state index contributed by atoms with van der Waals surface area (Å²) in [5.74, 6) is -0.0133. The Labute approximate surface area is 146 Å². The van der Waals surface area contributed by atoms with E-state index < -0.39 is 12.0 Å². The van der Waals surface area contributed by atoms with Crippen molar-refractivity contribution < 1.29 is 19.4 Å². The van der Waals surface area contributed by atoms with E-state index in [0.29, 0.717) is 28.7 Å². The molecule has 1 aliphatic rings. The second-order valence-electron chi connectivity index (χ2n) is 5.68. The number of rotatable bonds is 5. The Morgan fingerprint density at radius 1 is 1.42 bits per heavy atom. The van der Waals surface area contributed by atoms with Gasteiger partial charge in [0.25, 0.3) is 0 Å². The Kier molecular flexibility index (Phi) is 5.66. The number of thiocarbonyl (C=S) groups is 1. The van der Waals surface area contributed by atoms with Gasteiger partial charge in [0.1, 0.15) is 0 Å². The summed E-state index contributed by atoms with van der Waals surface area (Å²) in [5.41, 5.74) is 1.83. The van der Waals surface area contributed by atoms with E-state index >= 15 is 0 Å². The van der Waals surface area contributed by atoms with Crippen LogP contribution < -0.4 is 15.4 Å². The molecule has 130 valence electrons. The van der Waals surface area contributed by atoms with Crippen molar-refractivity contribution in [1.29, 1.82) is 0 Å². The molecule has 0 bridgehead atoms. The van der Waals surface area contributed by atoms with Gasteiger partial charge in [-0.25, -0.2) is 4.79 Å². The highest BCUT2D eigenvalue weighted by atomic mass is 32.1. The highest BCUT2D eigenvalue weighted by molar-refractivity contribution is 7.80. The van der Waals surface area contributed by atoms with Gasteiger partial charge >= 0.3 is 5.97 Å². The second kappa shape index (κ2) is 7.53. The van der Waals surface area contributed by atoms with Crippen LogP contribution in [-0.2, 0) is 9.53 Å². The molecular formula is C17H22N2O4S. The van der Waals surface area contributed by atoms with Crippen LogP contribution in [0.3, 0.4) is 0 Å². The topological polar surface area (TPSA) is 79.8 Å². The van der Waals surface area contributed by atoms with E-state index in [4.69, 9.17) is 21.7 Å². The van der Waals surface area contributed by atoms with E-state index in [0.717, 1.165) is 5.56 Å². The van der Waals surface area contributed by atoms with Crippen LogP contribution >= 0.6 is 12.2 Å². The van der Waals surface area contributed by atoms with Crippen LogP contribution in [0, 0.1) is 0 Å². The Bertz CT molecular complexity index is 685. The second-order valence-corrected chi connectivity index (χ2v) is 6.09. The quantitative estimate of drug-likeness (QED) is 0.556. The van der Waals surface area contributed by atoms with E-state index in [9.17, 15) is 9.90 Å². The van der Waals surface area contributed by atoms with Gasteiger partial charge in [0, 0.05) is 5.70 Å². The molecule has 3 N–H and O–H groups in total. The van der Waals surface area contributed by atoms with Crippen molar-refractivity contribution in [2.75, 3.05) is 6.61 Å². The third-order valence-electron chi connectivity index (χ3n) is 3.45. The summed E-state index contributed by atoms with van der Waals surface area (Å²) in [4.78, 5) is 12.5. The molecule has 0 unspecified atom stereocenters. The Hall–Kier alpha value is -2.28. The molecule has 1 heterocycles. The van der Waals surface area contributed by atoms with Crippen molar-refractivity contribution >= 4 is 23.3 Å². The van der Waals surface area contributed by atoms with Gasteiger partial charge in [0.2, 0.25) is 0 Å². The van der Waals surface area contributed by atoms with Crippen molar-refractivity contribution in [3.63, 3.8) is 0 Å². The smallest absolute Gasteiger partial charge is 0.338 e. The van der Waals surface area contributed by atoms with Crippen LogP contribution in [0.5, 0.6) is 11.5 Å². The number of esters is 1.